The lowest BCUT2D eigenvalue weighted by atomic mass is 9.69. The van der Waals surface area contributed by atoms with E-state index < -0.39 is 9.84 Å². The molecule has 0 bridgehead atoms. The van der Waals surface area contributed by atoms with Crippen molar-refractivity contribution >= 4 is 15.7 Å². The van der Waals surface area contributed by atoms with Crippen LogP contribution in [0, 0.1) is 0 Å². The maximum atomic E-state index is 11.7. The normalized spacial score (nSPS) is 26.2. The van der Waals surface area contributed by atoms with Crippen LogP contribution in [0.3, 0.4) is 0 Å². The van der Waals surface area contributed by atoms with E-state index in [1.807, 2.05) is 20.8 Å². The van der Waals surface area contributed by atoms with Crippen molar-refractivity contribution in [2.75, 3.05) is 6.26 Å². The Hall–Kier alpha value is -1.36. The van der Waals surface area contributed by atoms with Gasteiger partial charge in [0, 0.05) is 23.6 Å². The molecule has 0 aliphatic carbocycles. The summed E-state index contributed by atoms with van der Waals surface area (Å²) in [5.74, 6) is 0.0275. The number of sulfone groups is 1. The summed E-state index contributed by atoms with van der Waals surface area (Å²) in [5.41, 5.74) is 0.292. The number of benzene rings is 1. The molecule has 2 rings (SSSR count). The van der Waals surface area contributed by atoms with Gasteiger partial charge in [0.15, 0.2) is 9.84 Å². The molecule has 1 atom stereocenters. The van der Waals surface area contributed by atoms with Gasteiger partial charge in [-0.1, -0.05) is 19.1 Å². The van der Waals surface area contributed by atoms with E-state index in [9.17, 15) is 13.2 Å². The van der Waals surface area contributed by atoms with Crippen molar-refractivity contribution in [3.8, 4) is 0 Å². The summed E-state index contributed by atoms with van der Waals surface area (Å²) in [5, 5.41) is 2.97. The first kappa shape index (κ1) is 14.1. The fourth-order valence-electron chi connectivity index (χ4n) is 2.61. The lowest BCUT2D eigenvalue weighted by molar-refractivity contribution is -0.119. The van der Waals surface area contributed by atoms with Crippen molar-refractivity contribution in [2.45, 2.75) is 43.0 Å². The summed E-state index contributed by atoms with van der Waals surface area (Å²) in [4.78, 5) is 12.0. The molecule has 1 aromatic carbocycles. The minimum absolute atomic E-state index is 0.0275. The second-order valence-electron chi connectivity index (χ2n) is 5.98. The zero-order valence-corrected chi connectivity index (χ0v) is 12.5. The molecule has 1 aromatic rings. The zero-order valence-electron chi connectivity index (χ0n) is 11.6. The summed E-state index contributed by atoms with van der Waals surface area (Å²) in [6, 6.07) is 6.82. The van der Waals surface area contributed by atoms with Gasteiger partial charge in [-0.15, -0.1) is 0 Å². The van der Waals surface area contributed by atoms with Crippen LogP contribution in [0.1, 0.15) is 32.8 Å². The molecule has 0 aromatic heterocycles. The van der Waals surface area contributed by atoms with Gasteiger partial charge in [-0.2, -0.15) is 0 Å². The third-order valence-corrected chi connectivity index (χ3v) is 5.39. The highest BCUT2D eigenvalue weighted by Crippen LogP contribution is 2.42. The second-order valence-corrected chi connectivity index (χ2v) is 7.99. The molecule has 0 spiro atoms. The van der Waals surface area contributed by atoms with Crippen LogP contribution in [0.15, 0.2) is 29.2 Å². The van der Waals surface area contributed by atoms with Crippen molar-refractivity contribution in [1.82, 2.24) is 5.32 Å². The quantitative estimate of drug-likeness (QED) is 0.896. The highest BCUT2D eigenvalue weighted by molar-refractivity contribution is 7.90. The molecule has 4 nitrogen and oxygen atoms in total. The topological polar surface area (TPSA) is 63.2 Å². The van der Waals surface area contributed by atoms with Gasteiger partial charge in [0.1, 0.15) is 0 Å². The summed E-state index contributed by atoms with van der Waals surface area (Å²) < 4.78 is 22.9. The van der Waals surface area contributed by atoms with Gasteiger partial charge in [-0.25, -0.2) is 8.42 Å². The minimum Gasteiger partial charge on any atom is -0.350 e. The highest BCUT2D eigenvalue weighted by Gasteiger charge is 2.50. The van der Waals surface area contributed by atoms with E-state index in [1.54, 1.807) is 24.3 Å². The molecule has 1 unspecified atom stereocenters. The van der Waals surface area contributed by atoms with E-state index in [0.717, 1.165) is 5.56 Å². The monoisotopic (exact) mass is 281 g/mol. The van der Waals surface area contributed by atoms with Crippen LogP contribution in [0.5, 0.6) is 0 Å². The standard InChI is InChI=1S/C14H19NO3S/c1-13(2)14(3,9-12(16)15-13)10-5-7-11(8-6-10)19(4,17)18/h5-8H,9H2,1-4H3,(H,15,16). The van der Waals surface area contributed by atoms with Crippen molar-refractivity contribution in [1.29, 1.82) is 0 Å². The predicted molar refractivity (Wildman–Crippen MR) is 73.7 cm³/mol. The number of carbonyl (C=O) groups is 1. The Morgan fingerprint density at radius 1 is 1.11 bits per heavy atom. The molecule has 1 heterocycles. The van der Waals surface area contributed by atoms with Crippen LogP contribution in [0.25, 0.3) is 0 Å². The Kier molecular flexibility index (Phi) is 3.01. The number of hydrogen-bond donors (Lipinski definition) is 1. The predicted octanol–water partition coefficient (Wildman–Crippen LogP) is 1.65. The lowest BCUT2D eigenvalue weighted by Crippen LogP contribution is -2.48. The van der Waals surface area contributed by atoms with Crippen molar-refractivity contribution in [2.24, 2.45) is 0 Å². The highest BCUT2D eigenvalue weighted by atomic mass is 32.2. The Labute approximate surface area is 114 Å². The summed E-state index contributed by atoms with van der Waals surface area (Å²) in [7, 11) is -3.18. The van der Waals surface area contributed by atoms with Crippen molar-refractivity contribution in [3.63, 3.8) is 0 Å². The van der Waals surface area contributed by atoms with Crippen LogP contribution in [0.4, 0.5) is 0 Å². The third kappa shape index (κ3) is 2.27. The fourth-order valence-corrected chi connectivity index (χ4v) is 3.24. The van der Waals surface area contributed by atoms with Gasteiger partial charge in [0.25, 0.3) is 0 Å². The zero-order chi connectivity index (χ0) is 14.5. The molecule has 5 heteroatoms. The van der Waals surface area contributed by atoms with E-state index in [4.69, 9.17) is 0 Å². The Morgan fingerprint density at radius 2 is 1.63 bits per heavy atom. The molecule has 1 aliphatic rings. The van der Waals surface area contributed by atoms with Gasteiger partial charge in [0.2, 0.25) is 5.91 Å². The van der Waals surface area contributed by atoms with E-state index in [1.165, 1.54) is 6.26 Å². The molecular weight excluding hydrogens is 262 g/mol. The molecule has 104 valence electrons. The summed E-state index contributed by atoms with van der Waals surface area (Å²) in [6.07, 6.45) is 1.60. The molecule has 0 radical (unpaired) electrons. The van der Waals surface area contributed by atoms with Crippen LogP contribution in [-0.2, 0) is 20.0 Å². The van der Waals surface area contributed by atoms with Gasteiger partial charge >= 0.3 is 0 Å². The number of rotatable bonds is 2. The summed E-state index contributed by atoms with van der Waals surface area (Å²) >= 11 is 0. The van der Waals surface area contributed by atoms with Crippen LogP contribution in [0.2, 0.25) is 0 Å². The van der Waals surface area contributed by atoms with Gasteiger partial charge in [0.05, 0.1) is 4.90 Å². The molecule has 1 aliphatic heterocycles. The average Bonchev–Trinajstić information content (AvgIpc) is 2.47. The van der Waals surface area contributed by atoms with Crippen LogP contribution < -0.4 is 5.32 Å². The molecule has 1 saturated heterocycles. The molecular formula is C14H19NO3S. The number of amides is 1. The maximum Gasteiger partial charge on any atom is 0.221 e. The first-order valence-corrected chi connectivity index (χ1v) is 8.07. The number of nitrogens with one attached hydrogen (secondary N) is 1. The first-order chi connectivity index (χ1) is 8.56. The largest absolute Gasteiger partial charge is 0.350 e. The van der Waals surface area contributed by atoms with Crippen LogP contribution in [-0.4, -0.2) is 26.1 Å². The average molecular weight is 281 g/mol. The SMILES string of the molecule is CC1(C)NC(=O)CC1(C)c1ccc(S(C)(=O)=O)cc1. The first-order valence-electron chi connectivity index (χ1n) is 6.18. The van der Waals surface area contributed by atoms with Crippen molar-refractivity contribution < 1.29 is 13.2 Å². The van der Waals surface area contributed by atoms with Crippen LogP contribution >= 0.6 is 0 Å². The Bertz CT molecular complexity index is 617. The van der Waals surface area contributed by atoms with E-state index in [2.05, 4.69) is 5.32 Å². The summed E-state index contributed by atoms with van der Waals surface area (Å²) in [6.45, 7) is 6.01. The molecule has 1 amide bonds. The number of carbonyl (C=O) groups excluding carboxylic acids is 1. The molecule has 1 N–H and O–H groups in total. The second kappa shape index (κ2) is 4.07. The van der Waals surface area contributed by atoms with E-state index in [-0.39, 0.29) is 16.9 Å². The smallest absolute Gasteiger partial charge is 0.221 e. The van der Waals surface area contributed by atoms with Gasteiger partial charge < -0.3 is 5.32 Å². The Morgan fingerprint density at radius 3 is 2.00 bits per heavy atom. The van der Waals surface area contributed by atoms with Crippen molar-refractivity contribution in [3.05, 3.63) is 29.8 Å². The fraction of sp³-hybridized carbons (Fsp3) is 0.500. The maximum absolute atomic E-state index is 11.7. The lowest BCUT2D eigenvalue weighted by Gasteiger charge is -2.37. The molecule has 0 saturated carbocycles. The third-order valence-electron chi connectivity index (χ3n) is 4.27. The van der Waals surface area contributed by atoms with Gasteiger partial charge in [-0.3, -0.25) is 4.79 Å². The molecule has 19 heavy (non-hydrogen) atoms. The van der Waals surface area contributed by atoms with E-state index in [0.29, 0.717) is 11.3 Å². The molecule has 1 fully saturated rings. The van der Waals surface area contributed by atoms with Gasteiger partial charge in [-0.05, 0) is 31.5 Å². The van der Waals surface area contributed by atoms with E-state index >= 15 is 0 Å². The minimum atomic E-state index is -3.18. The Balaban J connectivity index is 2.46. The number of hydrogen-bond acceptors (Lipinski definition) is 3.